The second-order valence-corrected chi connectivity index (χ2v) is 4.82. The minimum absolute atomic E-state index is 0.0779. The van der Waals surface area contributed by atoms with Crippen molar-refractivity contribution in [2.75, 3.05) is 19.0 Å². The SMILES string of the molecule is CCC(=O)Nc1cc(C(=O)NCC(=O)OC)nn1-c1ccccc1. The van der Waals surface area contributed by atoms with Crippen molar-refractivity contribution < 1.29 is 19.1 Å². The van der Waals surface area contributed by atoms with Crippen LogP contribution in [0.25, 0.3) is 5.69 Å². The number of ether oxygens (including phenoxy) is 1. The van der Waals surface area contributed by atoms with E-state index in [4.69, 9.17) is 0 Å². The minimum Gasteiger partial charge on any atom is -0.468 e. The molecule has 2 N–H and O–H groups in total. The fourth-order valence-electron chi connectivity index (χ4n) is 1.89. The summed E-state index contributed by atoms with van der Waals surface area (Å²) in [5, 5.41) is 9.32. The summed E-state index contributed by atoms with van der Waals surface area (Å²) in [6.45, 7) is 1.47. The van der Waals surface area contributed by atoms with Crippen LogP contribution in [-0.4, -0.2) is 41.2 Å². The van der Waals surface area contributed by atoms with E-state index in [1.54, 1.807) is 19.1 Å². The largest absolute Gasteiger partial charge is 0.468 e. The van der Waals surface area contributed by atoms with Crippen molar-refractivity contribution in [3.8, 4) is 5.69 Å². The monoisotopic (exact) mass is 330 g/mol. The van der Waals surface area contributed by atoms with Gasteiger partial charge in [0.15, 0.2) is 5.69 Å². The van der Waals surface area contributed by atoms with Crippen molar-refractivity contribution in [3.63, 3.8) is 0 Å². The van der Waals surface area contributed by atoms with Crippen LogP contribution in [0.4, 0.5) is 5.82 Å². The summed E-state index contributed by atoms with van der Waals surface area (Å²) in [6, 6.07) is 10.5. The first-order chi connectivity index (χ1) is 11.5. The van der Waals surface area contributed by atoms with E-state index >= 15 is 0 Å². The van der Waals surface area contributed by atoms with Gasteiger partial charge >= 0.3 is 5.97 Å². The summed E-state index contributed by atoms with van der Waals surface area (Å²) in [5.74, 6) is -0.933. The maximum atomic E-state index is 12.1. The number of amides is 2. The molecule has 0 bridgehead atoms. The topological polar surface area (TPSA) is 102 Å². The van der Waals surface area contributed by atoms with Crippen LogP contribution in [0.2, 0.25) is 0 Å². The van der Waals surface area contributed by atoms with Gasteiger partial charge in [-0.25, -0.2) is 4.68 Å². The van der Waals surface area contributed by atoms with Crippen molar-refractivity contribution in [1.82, 2.24) is 15.1 Å². The maximum absolute atomic E-state index is 12.1. The summed E-state index contributed by atoms with van der Waals surface area (Å²) >= 11 is 0. The predicted octanol–water partition coefficient (Wildman–Crippen LogP) is 1.12. The lowest BCUT2D eigenvalue weighted by Gasteiger charge is -2.07. The fraction of sp³-hybridized carbons (Fsp3) is 0.250. The molecular weight excluding hydrogens is 312 g/mol. The van der Waals surface area contributed by atoms with Gasteiger partial charge in [-0.1, -0.05) is 25.1 Å². The van der Waals surface area contributed by atoms with Crippen LogP contribution in [0, 0.1) is 0 Å². The first-order valence-corrected chi connectivity index (χ1v) is 7.35. The summed E-state index contributed by atoms with van der Waals surface area (Å²) < 4.78 is 5.92. The van der Waals surface area contributed by atoms with E-state index in [9.17, 15) is 14.4 Å². The highest BCUT2D eigenvalue weighted by Gasteiger charge is 2.17. The number of nitrogens with zero attached hydrogens (tertiary/aromatic N) is 2. The Balaban J connectivity index is 2.28. The Morgan fingerprint density at radius 1 is 1.21 bits per heavy atom. The molecule has 1 heterocycles. The molecule has 0 aliphatic heterocycles. The molecule has 1 aromatic heterocycles. The molecular formula is C16H18N4O4. The fourth-order valence-corrected chi connectivity index (χ4v) is 1.89. The average Bonchev–Trinajstić information content (AvgIpc) is 3.03. The zero-order chi connectivity index (χ0) is 17.5. The van der Waals surface area contributed by atoms with Gasteiger partial charge in [-0.15, -0.1) is 0 Å². The van der Waals surface area contributed by atoms with Crippen molar-refractivity contribution in [2.45, 2.75) is 13.3 Å². The first kappa shape index (κ1) is 17.2. The summed E-state index contributed by atoms with van der Waals surface area (Å²) in [6.07, 6.45) is 0.295. The molecule has 2 amide bonds. The molecule has 2 rings (SSSR count). The molecule has 0 saturated carbocycles. The van der Waals surface area contributed by atoms with Gasteiger partial charge in [0.2, 0.25) is 5.91 Å². The van der Waals surface area contributed by atoms with Crippen molar-refractivity contribution >= 4 is 23.6 Å². The molecule has 0 saturated heterocycles. The zero-order valence-corrected chi connectivity index (χ0v) is 13.4. The number of hydrogen-bond acceptors (Lipinski definition) is 5. The van der Waals surface area contributed by atoms with Crippen LogP contribution >= 0.6 is 0 Å². The van der Waals surface area contributed by atoms with E-state index in [0.29, 0.717) is 17.9 Å². The summed E-state index contributed by atoms with van der Waals surface area (Å²) in [4.78, 5) is 34.9. The van der Waals surface area contributed by atoms with Gasteiger partial charge in [0.05, 0.1) is 12.8 Å². The number of rotatable bonds is 6. The molecule has 24 heavy (non-hydrogen) atoms. The standard InChI is InChI=1S/C16H18N4O4/c1-3-14(21)18-13-9-12(16(23)17-10-15(22)24-2)19-20(13)11-7-5-4-6-8-11/h4-9H,3,10H2,1-2H3,(H,17,23)(H,18,21). The lowest BCUT2D eigenvalue weighted by molar-refractivity contribution is -0.139. The molecule has 0 atom stereocenters. The second kappa shape index (κ2) is 7.91. The summed E-state index contributed by atoms with van der Waals surface area (Å²) in [7, 11) is 1.23. The molecule has 0 aliphatic rings. The molecule has 8 nitrogen and oxygen atoms in total. The molecule has 0 radical (unpaired) electrons. The molecule has 0 unspecified atom stereocenters. The van der Waals surface area contributed by atoms with Crippen LogP contribution in [0.1, 0.15) is 23.8 Å². The van der Waals surface area contributed by atoms with Gasteiger partial charge < -0.3 is 15.4 Å². The highest BCUT2D eigenvalue weighted by atomic mass is 16.5. The number of anilines is 1. The number of methoxy groups -OCH3 is 1. The van der Waals surface area contributed by atoms with Gasteiger partial charge in [0.1, 0.15) is 12.4 Å². The second-order valence-electron chi connectivity index (χ2n) is 4.82. The van der Waals surface area contributed by atoms with E-state index in [0.717, 1.165) is 0 Å². The van der Waals surface area contributed by atoms with Gasteiger partial charge in [0, 0.05) is 12.5 Å². The number of hydrogen-bond donors (Lipinski definition) is 2. The zero-order valence-electron chi connectivity index (χ0n) is 13.4. The van der Waals surface area contributed by atoms with Gasteiger partial charge in [-0.3, -0.25) is 14.4 Å². The first-order valence-electron chi connectivity index (χ1n) is 7.35. The van der Waals surface area contributed by atoms with Crippen LogP contribution in [0.3, 0.4) is 0 Å². The number of para-hydroxylation sites is 1. The smallest absolute Gasteiger partial charge is 0.325 e. The number of aromatic nitrogens is 2. The molecule has 2 aromatic rings. The summed E-state index contributed by atoms with van der Waals surface area (Å²) in [5.41, 5.74) is 0.769. The van der Waals surface area contributed by atoms with Crippen molar-refractivity contribution in [2.24, 2.45) is 0 Å². The maximum Gasteiger partial charge on any atom is 0.325 e. The predicted molar refractivity (Wildman–Crippen MR) is 86.8 cm³/mol. The third kappa shape index (κ3) is 4.19. The lowest BCUT2D eigenvalue weighted by Crippen LogP contribution is -2.30. The number of carbonyl (C=O) groups is 3. The number of esters is 1. The van der Waals surface area contributed by atoms with Crippen molar-refractivity contribution in [3.05, 3.63) is 42.1 Å². The highest BCUT2D eigenvalue weighted by Crippen LogP contribution is 2.17. The Morgan fingerprint density at radius 2 is 1.92 bits per heavy atom. The van der Waals surface area contributed by atoms with Crippen LogP contribution in [0.15, 0.2) is 36.4 Å². The Labute approximate surface area is 138 Å². The Kier molecular flexibility index (Phi) is 5.67. The van der Waals surface area contributed by atoms with Gasteiger partial charge in [0.25, 0.3) is 5.91 Å². The van der Waals surface area contributed by atoms with E-state index in [1.807, 2.05) is 18.2 Å². The van der Waals surface area contributed by atoms with Crippen LogP contribution < -0.4 is 10.6 Å². The highest BCUT2D eigenvalue weighted by molar-refractivity contribution is 5.96. The molecule has 1 aromatic carbocycles. The molecule has 0 aliphatic carbocycles. The average molecular weight is 330 g/mol. The minimum atomic E-state index is -0.564. The van der Waals surface area contributed by atoms with E-state index in [2.05, 4.69) is 20.5 Å². The number of carbonyl (C=O) groups excluding carboxylic acids is 3. The Morgan fingerprint density at radius 3 is 2.54 bits per heavy atom. The van der Waals surface area contributed by atoms with E-state index in [-0.39, 0.29) is 18.1 Å². The molecule has 0 spiro atoms. The van der Waals surface area contributed by atoms with Gasteiger partial charge in [-0.05, 0) is 12.1 Å². The number of nitrogens with one attached hydrogen (secondary N) is 2. The Hall–Kier alpha value is -3.16. The number of benzene rings is 1. The lowest BCUT2D eigenvalue weighted by atomic mass is 10.3. The quantitative estimate of drug-likeness (QED) is 0.773. The van der Waals surface area contributed by atoms with Crippen molar-refractivity contribution in [1.29, 1.82) is 0 Å². The van der Waals surface area contributed by atoms with E-state index in [1.165, 1.54) is 17.9 Å². The molecule has 126 valence electrons. The Bertz CT molecular complexity index is 740. The molecule has 0 fully saturated rings. The third-order valence-corrected chi connectivity index (χ3v) is 3.15. The normalized spacial score (nSPS) is 10.1. The van der Waals surface area contributed by atoms with Crippen LogP contribution in [0.5, 0.6) is 0 Å². The molecule has 8 heteroatoms. The third-order valence-electron chi connectivity index (χ3n) is 3.15. The van der Waals surface area contributed by atoms with E-state index < -0.39 is 11.9 Å². The van der Waals surface area contributed by atoms with Gasteiger partial charge in [-0.2, -0.15) is 5.10 Å². The van der Waals surface area contributed by atoms with Crippen LogP contribution in [-0.2, 0) is 14.3 Å².